The molecule has 2 N–H and O–H groups in total. The summed E-state index contributed by atoms with van der Waals surface area (Å²) in [6, 6.07) is 5.94. The van der Waals surface area contributed by atoms with E-state index in [1.807, 2.05) is 12.1 Å². The second kappa shape index (κ2) is 3.44. The smallest absolute Gasteiger partial charge is 0.137 e. The van der Waals surface area contributed by atoms with Crippen LogP contribution >= 0.6 is 11.6 Å². The molecule has 1 fully saturated rings. The molecular weight excluding hydrogens is 198 g/mol. The van der Waals surface area contributed by atoms with Gasteiger partial charge in [0.25, 0.3) is 0 Å². The SMILES string of the molecule is COc1ccc(C2(CN)CC2)cc1Cl. The zero-order valence-electron chi connectivity index (χ0n) is 8.22. The van der Waals surface area contributed by atoms with Gasteiger partial charge >= 0.3 is 0 Å². The van der Waals surface area contributed by atoms with Crippen molar-refractivity contribution in [3.63, 3.8) is 0 Å². The summed E-state index contributed by atoms with van der Waals surface area (Å²) >= 11 is 6.05. The Morgan fingerprint density at radius 1 is 1.50 bits per heavy atom. The fourth-order valence-corrected chi connectivity index (χ4v) is 2.02. The minimum atomic E-state index is 0.204. The summed E-state index contributed by atoms with van der Waals surface area (Å²) in [5, 5.41) is 0.671. The average Bonchev–Trinajstić information content (AvgIpc) is 2.98. The first kappa shape index (κ1) is 9.81. The molecule has 0 saturated heterocycles. The Balaban J connectivity index is 2.33. The van der Waals surface area contributed by atoms with Crippen LogP contribution in [0.5, 0.6) is 5.75 Å². The van der Waals surface area contributed by atoms with Gasteiger partial charge in [-0.1, -0.05) is 17.7 Å². The quantitative estimate of drug-likeness (QED) is 0.833. The van der Waals surface area contributed by atoms with E-state index in [0.717, 1.165) is 5.75 Å². The Bertz CT molecular complexity index is 347. The number of rotatable bonds is 3. The van der Waals surface area contributed by atoms with Crippen LogP contribution in [0.3, 0.4) is 0 Å². The number of hydrogen-bond donors (Lipinski definition) is 1. The minimum absolute atomic E-state index is 0.204. The van der Waals surface area contributed by atoms with Gasteiger partial charge in [-0.2, -0.15) is 0 Å². The summed E-state index contributed by atoms with van der Waals surface area (Å²) in [5.74, 6) is 0.725. The largest absolute Gasteiger partial charge is 0.495 e. The summed E-state index contributed by atoms with van der Waals surface area (Å²) in [5.41, 5.74) is 7.19. The van der Waals surface area contributed by atoms with Gasteiger partial charge in [0.15, 0.2) is 0 Å². The number of methoxy groups -OCH3 is 1. The molecule has 1 aliphatic rings. The van der Waals surface area contributed by atoms with Crippen LogP contribution < -0.4 is 10.5 Å². The summed E-state index contributed by atoms with van der Waals surface area (Å²) in [4.78, 5) is 0. The number of ether oxygens (including phenoxy) is 1. The molecule has 0 bridgehead atoms. The summed E-state index contributed by atoms with van der Waals surface area (Å²) in [6.07, 6.45) is 2.35. The van der Waals surface area contributed by atoms with Crippen molar-refractivity contribution in [2.45, 2.75) is 18.3 Å². The standard InChI is InChI=1S/C11H14ClNO/c1-14-10-3-2-8(6-9(10)12)11(7-13)4-5-11/h2-3,6H,4-5,7,13H2,1H3. The van der Waals surface area contributed by atoms with E-state index in [4.69, 9.17) is 22.1 Å². The predicted molar refractivity (Wildman–Crippen MR) is 58.0 cm³/mol. The van der Waals surface area contributed by atoms with E-state index in [1.54, 1.807) is 7.11 Å². The van der Waals surface area contributed by atoms with Gasteiger partial charge in [0.1, 0.15) is 5.75 Å². The summed E-state index contributed by atoms with van der Waals surface area (Å²) in [7, 11) is 1.62. The molecule has 14 heavy (non-hydrogen) atoms. The first-order chi connectivity index (χ1) is 6.72. The van der Waals surface area contributed by atoms with Crippen LogP contribution in [0.2, 0.25) is 5.02 Å². The van der Waals surface area contributed by atoms with E-state index >= 15 is 0 Å². The highest BCUT2D eigenvalue weighted by Gasteiger charge is 2.42. The van der Waals surface area contributed by atoms with Gasteiger partial charge in [0, 0.05) is 12.0 Å². The third kappa shape index (κ3) is 1.49. The molecule has 0 atom stereocenters. The Morgan fingerprint density at radius 2 is 2.21 bits per heavy atom. The third-order valence-corrected chi connectivity index (χ3v) is 3.30. The minimum Gasteiger partial charge on any atom is -0.495 e. The molecule has 1 aromatic rings. The molecule has 0 spiro atoms. The van der Waals surface area contributed by atoms with E-state index in [-0.39, 0.29) is 5.41 Å². The van der Waals surface area contributed by atoms with Gasteiger partial charge in [-0.25, -0.2) is 0 Å². The maximum absolute atomic E-state index is 6.05. The molecule has 1 aliphatic carbocycles. The average molecular weight is 212 g/mol. The van der Waals surface area contributed by atoms with Gasteiger partial charge in [0.2, 0.25) is 0 Å². The Labute approximate surface area is 89.0 Å². The molecule has 0 radical (unpaired) electrons. The van der Waals surface area contributed by atoms with Crippen molar-refractivity contribution in [3.05, 3.63) is 28.8 Å². The molecule has 0 aromatic heterocycles. The molecule has 3 heteroatoms. The molecule has 2 nitrogen and oxygen atoms in total. The maximum Gasteiger partial charge on any atom is 0.137 e. The number of benzene rings is 1. The fraction of sp³-hybridized carbons (Fsp3) is 0.455. The zero-order chi connectivity index (χ0) is 10.2. The van der Waals surface area contributed by atoms with Crippen LogP contribution in [-0.4, -0.2) is 13.7 Å². The van der Waals surface area contributed by atoms with Crippen molar-refractivity contribution in [2.75, 3.05) is 13.7 Å². The molecule has 0 unspecified atom stereocenters. The summed E-state index contributed by atoms with van der Waals surface area (Å²) < 4.78 is 5.10. The van der Waals surface area contributed by atoms with E-state index in [1.165, 1.54) is 18.4 Å². The number of halogens is 1. The molecule has 2 rings (SSSR count). The van der Waals surface area contributed by atoms with Gasteiger partial charge < -0.3 is 10.5 Å². The van der Waals surface area contributed by atoms with Crippen molar-refractivity contribution in [1.29, 1.82) is 0 Å². The number of hydrogen-bond acceptors (Lipinski definition) is 2. The van der Waals surface area contributed by atoms with Crippen molar-refractivity contribution >= 4 is 11.6 Å². The van der Waals surface area contributed by atoms with Crippen LogP contribution in [0.4, 0.5) is 0 Å². The van der Waals surface area contributed by atoms with Crippen LogP contribution in [0, 0.1) is 0 Å². The lowest BCUT2D eigenvalue weighted by Gasteiger charge is -2.14. The van der Waals surface area contributed by atoms with E-state index in [2.05, 4.69) is 6.07 Å². The Hall–Kier alpha value is -0.730. The van der Waals surface area contributed by atoms with Crippen LogP contribution in [0.25, 0.3) is 0 Å². The van der Waals surface area contributed by atoms with Crippen molar-refractivity contribution < 1.29 is 4.74 Å². The highest BCUT2D eigenvalue weighted by atomic mass is 35.5. The van der Waals surface area contributed by atoms with E-state index in [0.29, 0.717) is 11.6 Å². The third-order valence-electron chi connectivity index (χ3n) is 3.01. The highest BCUT2D eigenvalue weighted by Crippen LogP contribution is 2.48. The summed E-state index contributed by atoms with van der Waals surface area (Å²) in [6.45, 7) is 0.704. The normalized spacial score (nSPS) is 17.9. The van der Waals surface area contributed by atoms with Gasteiger partial charge in [0.05, 0.1) is 12.1 Å². The van der Waals surface area contributed by atoms with E-state index < -0.39 is 0 Å². The van der Waals surface area contributed by atoms with E-state index in [9.17, 15) is 0 Å². The monoisotopic (exact) mass is 211 g/mol. The molecule has 1 aromatic carbocycles. The first-order valence-corrected chi connectivity index (χ1v) is 5.14. The van der Waals surface area contributed by atoms with Crippen LogP contribution in [-0.2, 0) is 5.41 Å². The molecule has 0 heterocycles. The van der Waals surface area contributed by atoms with Gasteiger partial charge in [-0.05, 0) is 30.5 Å². The van der Waals surface area contributed by atoms with Crippen LogP contribution in [0.1, 0.15) is 18.4 Å². The van der Waals surface area contributed by atoms with Crippen molar-refractivity contribution in [3.8, 4) is 5.75 Å². The number of nitrogens with two attached hydrogens (primary N) is 1. The lowest BCUT2D eigenvalue weighted by Crippen LogP contribution is -2.19. The second-order valence-electron chi connectivity index (χ2n) is 3.83. The molecule has 0 aliphatic heterocycles. The second-order valence-corrected chi connectivity index (χ2v) is 4.24. The van der Waals surface area contributed by atoms with Crippen molar-refractivity contribution in [1.82, 2.24) is 0 Å². The Morgan fingerprint density at radius 3 is 2.64 bits per heavy atom. The first-order valence-electron chi connectivity index (χ1n) is 4.76. The lowest BCUT2D eigenvalue weighted by atomic mass is 9.96. The molecule has 76 valence electrons. The zero-order valence-corrected chi connectivity index (χ0v) is 8.97. The fourth-order valence-electron chi connectivity index (χ4n) is 1.76. The molecule has 1 saturated carbocycles. The molecule has 0 amide bonds. The highest BCUT2D eigenvalue weighted by molar-refractivity contribution is 6.32. The lowest BCUT2D eigenvalue weighted by molar-refractivity contribution is 0.414. The van der Waals surface area contributed by atoms with Crippen molar-refractivity contribution in [2.24, 2.45) is 5.73 Å². The topological polar surface area (TPSA) is 35.2 Å². The predicted octanol–water partition coefficient (Wildman–Crippen LogP) is 2.34. The molecular formula is C11H14ClNO. The maximum atomic E-state index is 6.05. The van der Waals surface area contributed by atoms with Gasteiger partial charge in [-0.3, -0.25) is 0 Å². The van der Waals surface area contributed by atoms with Crippen LogP contribution in [0.15, 0.2) is 18.2 Å². The van der Waals surface area contributed by atoms with Gasteiger partial charge in [-0.15, -0.1) is 0 Å². The Kier molecular flexibility index (Phi) is 2.41.